The van der Waals surface area contributed by atoms with E-state index in [1.54, 1.807) is 0 Å². The number of nitrogens with zero attached hydrogens (tertiary/aromatic N) is 3. The summed E-state index contributed by atoms with van der Waals surface area (Å²) in [5, 5.41) is 3.39. The predicted molar refractivity (Wildman–Crippen MR) is 115 cm³/mol. The molecule has 0 aromatic carbocycles. The van der Waals surface area contributed by atoms with Crippen LogP contribution in [0.25, 0.3) is 0 Å². The Labute approximate surface area is 168 Å². The SMILES string of the molecule is CCNC(=NCCN1CCS(=O)(=O)CC1)N1CCSC(C)(C)C1.I. The fraction of sp³-hybridized carbons (Fsp3) is 0.933. The van der Waals surface area contributed by atoms with Gasteiger partial charge in [-0.2, -0.15) is 11.8 Å². The van der Waals surface area contributed by atoms with Crippen LogP contribution in [0.3, 0.4) is 0 Å². The van der Waals surface area contributed by atoms with Gasteiger partial charge in [0.1, 0.15) is 0 Å². The quantitative estimate of drug-likeness (QED) is 0.362. The van der Waals surface area contributed by atoms with E-state index >= 15 is 0 Å². The molecular weight excluding hydrogens is 459 g/mol. The van der Waals surface area contributed by atoms with Crippen molar-refractivity contribution in [3.63, 3.8) is 0 Å². The molecule has 9 heteroatoms. The first-order chi connectivity index (χ1) is 10.8. The summed E-state index contributed by atoms with van der Waals surface area (Å²) in [6.07, 6.45) is 0. The van der Waals surface area contributed by atoms with Gasteiger partial charge >= 0.3 is 0 Å². The van der Waals surface area contributed by atoms with Crippen molar-refractivity contribution in [2.75, 3.05) is 63.1 Å². The second-order valence-electron chi connectivity index (χ2n) is 6.76. The van der Waals surface area contributed by atoms with E-state index in [0.717, 1.165) is 37.9 Å². The van der Waals surface area contributed by atoms with Crippen molar-refractivity contribution in [2.24, 2.45) is 4.99 Å². The number of hydrogen-bond acceptors (Lipinski definition) is 5. The van der Waals surface area contributed by atoms with Crippen molar-refractivity contribution in [2.45, 2.75) is 25.5 Å². The van der Waals surface area contributed by atoms with Gasteiger partial charge in [0.15, 0.2) is 15.8 Å². The van der Waals surface area contributed by atoms with Gasteiger partial charge in [-0.15, -0.1) is 24.0 Å². The average molecular weight is 490 g/mol. The number of hydrogen-bond donors (Lipinski definition) is 1. The summed E-state index contributed by atoms with van der Waals surface area (Å²) >= 11 is 2.02. The smallest absolute Gasteiger partial charge is 0.194 e. The Morgan fingerprint density at radius 3 is 2.50 bits per heavy atom. The first kappa shape index (κ1) is 22.3. The van der Waals surface area contributed by atoms with Gasteiger partial charge in [-0.3, -0.25) is 9.89 Å². The predicted octanol–water partition coefficient (Wildman–Crippen LogP) is 1.13. The van der Waals surface area contributed by atoms with Crippen LogP contribution in [0.1, 0.15) is 20.8 Å². The van der Waals surface area contributed by atoms with Crippen molar-refractivity contribution in [3.8, 4) is 0 Å². The highest BCUT2D eigenvalue weighted by molar-refractivity contribution is 14.0. The largest absolute Gasteiger partial charge is 0.357 e. The number of nitrogens with one attached hydrogen (secondary N) is 1. The zero-order valence-corrected chi connectivity index (χ0v) is 18.9. The maximum Gasteiger partial charge on any atom is 0.194 e. The normalized spacial score (nSPS) is 24.3. The summed E-state index contributed by atoms with van der Waals surface area (Å²) < 4.78 is 23.2. The number of sulfone groups is 1. The van der Waals surface area contributed by atoms with Gasteiger partial charge in [-0.25, -0.2) is 8.42 Å². The minimum Gasteiger partial charge on any atom is -0.357 e. The van der Waals surface area contributed by atoms with Gasteiger partial charge in [0.05, 0.1) is 18.1 Å². The third kappa shape index (κ3) is 7.25. The monoisotopic (exact) mass is 490 g/mol. The lowest BCUT2D eigenvalue weighted by molar-refractivity contribution is 0.302. The van der Waals surface area contributed by atoms with E-state index in [9.17, 15) is 8.42 Å². The molecule has 1 N–H and O–H groups in total. The number of aliphatic imine (C=N–C) groups is 1. The first-order valence-electron chi connectivity index (χ1n) is 8.41. The Kier molecular flexibility index (Phi) is 9.12. The van der Waals surface area contributed by atoms with Gasteiger partial charge in [-0.1, -0.05) is 0 Å². The Morgan fingerprint density at radius 1 is 1.25 bits per heavy atom. The van der Waals surface area contributed by atoms with E-state index in [0.29, 0.717) is 19.6 Å². The van der Waals surface area contributed by atoms with Crippen molar-refractivity contribution < 1.29 is 8.42 Å². The Bertz CT molecular complexity index is 512. The standard InChI is InChI=1S/C15H30N4O2S2.HI/c1-4-16-14(19-7-10-22-15(2,3)13-19)17-5-6-18-8-11-23(20,21)12-9-18;/h4-13H2,1-3H3,(H,16,17);1H. The van der Waals surface area contributed by atoms with E-state index in [2.05, 4.69) is 35.9 Å². The van der Waals surface area contributed by atoms with Gasteiger partial charge in [0.25, 0.3) is 0 Å². The number of thioether (sulfide) groups is 1. The molecule has 0 unspecified atom stereocenters. The van der Waals surface area contributed by atoms with Crippen LogP contribution in [0.4, 0.5) is 0 Å². The van der Waals surface area contributed by atoms with Crippen LogP contribution >= 0.6 is 35.7 Å². The Hall–Kier alpha value is 0.260. The molecular formula is C15H31IN4O2S2. The zero-order valence-electron chi connectivity index (χ0n) is 15.0. The molecule has 6 nitrogen and oxygen atoms in total. The molecule has 2 aliphatic heterocycles. The number of halogens is 1. The third-order valence-corrected chi connectivity index (χ3v) is 7.08. The average Bonchev–Trinajstić information content (AvgIpc) is 2.47. The van der Waals surface area contributed by atoms with Gasteiger partial charge in [-0.05, 0) is 20.8 Å². The molecule has 0 aromatic rings. The van der Waals surface area contributed by atoms with Crippen molar-refractivity contribution >= 4 is 51.5 Å². The number of guanidine groups is 1. The lowest BCUT2D eigenvalue weighted by Crippen LogP contribution is -2.51. The van der Waals surface area contributed by atoms with E-state index in [4.69, 9.17) is 4.99 Å². The van der Waals surface area contributed by atoms with Crippen molar-refractivity contribution in [3.05, 3.63) is 0 Å². The number of rotatable bonds is 4. The van der Waals surface area contributed by atoms with Gasteiger partial charge in [0, 0.05) is 49.8 Å². The molecule has 0 saturated carbocycles. The fourth-order valence-electron chi connectivity index (χ4n) is 2.89. The minimum absolute atomic E-state index is 0. The summed E-state index contributed by atoms with van der Waals surface area (Å²) in [7, 11) is -2.80. The van der Waals surface area contributed by atoms with Crippen LogP contribution in [0.15, 0.2) is 4.99 Å². The summed E-state index contributed by atoms with van der Waals surface area (Å²) in [6, 6.07) is 0. The second-order valence-corrected chi connectivity index (χ2v) is 10.9. The van der Waals surface area contributed by atoms with E-state index in [1.165, 1.54) is 0 Å². The van der Waals surface area contributed by atoms with Crippen molar-refractivity contribution in [1.29, 1.82) is 0 Å². The first-order valence-corrected chi connectivity index (χ1v) is 11.2. The molecule has 0 amide bonds. The zero-order chi connectivity index (χ0) is 16.9. The molecule has 2 aliphatic rings. The molecule has 2 fully saturated rings. The summed E-state index contributed by atoms with van der Waals surface area (Å²) in [6.45, 7) is 12.4. The Balaban J connectivity index is 0.00000288. The van der Waals surface area contributed by atoms with E-state index in [-0.39, 0.29) is 40.2 Å². The molecule has 142 valence electrons. The molecule has 0 radical (unpaired) electrons. The highest BCUT2D eigenvalue weighted by Crippen LogP contribution is 2.29. The summed E-state index contributed by atoms with van der Waals surface area (Å²) in [4.78, 5) is 9.31. The van der Waals surface area contributed by atoms with Crippen LogP contribution in [0, 0.1) is 0 Å². The lowest BCUT2D eigenvalue weighted by atomic mass is 10.2. The molecule has 0 aromatic heterocycles. The van der Waals surface area contributed by atoms with Crippen LogP contribution in [-0.4, -0.2) is 92.0 Å². The fourth-order valence-corrected chi connectivity index (χ4v) is 5.28. The van der Waals surface area contributed by atoms with Crippen molar-refractivity contribution in [1.82, 2.24) is 15.1 Å². The van der Waals surface area contributed by atoms with Crippen LogP contribution in [0.2, 0.25) is 0 Å². The molecule has 2 heterocycles. The molecule has 2 saturated heterocycles. The van der Waals surface area contributed by atoms with E-state index in [1.807, 2.05) is 11.8 Å². The second kappa shape index (κ2) is 9.82. The van der Waals surface area contributed by atoms with Gasteiger partial charge in [0.2, 0.25) is 0 Å². The maximum absolute atomic E-state index is 11.5. The van der Waals surface area contributed by atoms with Crippen LogP contribution in [-0.2, 0) is 9.84 Å². The highest BCUT2D eigenvalue weighted by Gasteiger charge is 2.28. The third-order valence-electron chi connectivity index (χ3n) is 4.17. The molecule has 0 aliphatic carbocycles. The Morgan fingerprint density at radius 2 is 1.92 bits per heavy atom. The topological polar surface area (TPSA) is 65.0 Å². The molecule has 0 atom stereocenters. The lowest BCUT2D eigenvalue weighted by Gasteiger charge is -2.39. The molecule has 24 heavy (non-hydrogen) atoms. The van der Waals surface area contributed by atoms with Crippen LogP contribution < -0.4 is 5.32 Å². The summed E-state index contributed by atoms with van der Waals surface area (Å²) in [5.74, 6) is 2.69. The minimum atomic E-state index is -2.80. The van der Waals surface area contributed by atoms with Gasteiger partial charge < -0.3 is 10.2 Å². The van der Waals surface area contributed by atoms with Crippen LogP contribution in [0.5, 0.6) is 0 Å². The molecule has 2 rings (SSSR count). The highest BCUT2D eigenvalue weighted by atomic mass is 127. The molecule has 0 bridgehead atoms. The maximum atomic E-state index is 11.5. The molecule has 0 spiro atoms. The van der Waals surface area contributed by atoms with E-state index < -0.39 is 9.84 Å². The summed E-state index contributed by atoms with van der Waals surface area (Å²) in [5.41, 5.74) is 0.